The second kappa shape index (κ2) is 10.4. The molecular weight excluding hydrogens is 427 g/mol. The van der Waals surface area contributed by atoms with Gasteiger partial charge in [-0.3, -0.25) is 4.98 Å². The number of para-hydroxylation sites is 1. The number of hydrogen-bond donors (Lipinski definition) is 1. The quantitative estimate of drug-likeness (QED) is 0.390. The molecule has 0 unspecified atom stereocenters. The molecule has 0 spiro atoms. The fourth-order valence-electron chi connectivity index (χ4n) is 4.32. The van der Waals surface area contributed by atoms with Gasteiger partial charge in [0, 0.05) is 35.1 Å². The highest BCUT2D eigenvalue weighted by atomic mass is 19.4. The monoisotopic (exact) mass is 457 g/mol. The van der Waals surface area contributed by atoms with Crippen LogP contribution in [-0.2, 0) is 6.18 Å². The van der Waals surface area contributed by atoms with Gasteiger partial charge in [0.15, 0.2) is 0 Å². The van der Waals surface area contributed by atoms with Crippen LogP contribution in [0.3, 0.4) is 0 Å². The van der Waals surface area contributed by atoms with Crippen molar-refractivity contribution in [1.29, 1.82) is 0 Å². The zero-order valence-corrected chi connectivity index (χ0v) is 18.9. The molecule has 3 aromatic rings. The molecule has 0 amide bonds. The molecule has 4 rings (SSSR count). The largest absolute Gasteiger partial charge is 0.493 e. The molecule has 0 radical (unpaired) electrons. The third kappa shape index (κ3) is 6.38. The van der Waals surface area contributed by atoms with Gasteiger partial charge in [-0.2, -0.15) is 13.2 Å². The maximum Gasteiger partial charge on any atom is 0.416 e. The fraction of sp³-hybridized carbons (Fsp3) is 0.423. The second-order valence-corrected chi connectivity index (χ2v) is 8.66. The lowest BCUT2D eigenvalue weighted by atomic mass is 10.1. The number of alkyl halides is 3. The normalized spacial score (nSPS) is 15.4. The van der Waals surface area contributed by atoms with Crippen molar-refractivity contribution in [2.75, 3.05) is 31.6 Å². The molecule has 1 fully saturated rings. The molecule has 33 heavy (non-hydrogen) atoms. The first-order valence-corrected chi connectivity index (χ1v) is 11.6. The van der Waals surface area contributed by atoms with Crippen LogP contribution < -0.4 is 10.1 Å². The molecule has 176 valence electrons. The van der Waals surface area contributed by atoms with E-state index in [-0.39, 0.29) is 5.75 Å². The van der Waals surface area contributed by atoms with Crippen LogP contribution in [0, 0.1) is 6.92 Å². The summed E-state index contributed by atoms with van der Waals surface area (Å²) in [5.41, 5.74) is 1.89. The Bertz CT molecular complexity index is 1080. The van der Waals surface area contributed by atoms with E-state index in [1.165, 1.54) is 25.7 Å². The van der Waals surface area contributed by atoms with Crippen LogP contribution in [-0.4, -0.2) is 36.1 Å². The first kappa shape index (κ1) is 23.4. The number of hydrogen-bond acceptors (Lipinski definition) is 4. The number of nitrogens with one attached hydrogen (secondary N) is 1. The van der Waals surface area contributed by atoms with Gasteiger partial charge >= 0.3 is 6.18 Å². The SMILES string of the molecule is Cc1cc(Nc2cc(OCCCN3CCCCCC3)cc(C(F)(F)F)c2)c2ccccc2n1. The summed E-state index contributed by atoms with van der Waals surface area (Å²) in [7, 11) is 0. The van der Waals surface area contributed by atoms with Crippen LogP contribution in [0.2, 0.25) is 0 Å². The summed E-state index contributed by atoms with van der Waals surface area (Å²) in [6.07, 6.45) is 1.31. The van der Waals surface area contributed by atoms with Gasteiger partial charge < -0.3 is 15.0 Å². The molecule has 1 aromatic heterocycles. The molecule has 1 N–H and O–H groups in total. The molecule has 1 aliphatic heterocycles. The number of aromatic nitrogens is 1. The van der Waals surface area contributed by atoms with Crippen LogP contribution in [0.5, 0.6) is 5.75 Å². The summed E-state index contributed by atoms with van der Waals surface area (Å²) in [6.45, 7) is 5.34. The van der Waals surface area contributed by atoms with Gasteiger partial charge in [0.1, 0.15) is 5.75 Å². The van der Waals surface area contributed by atoms with Crippen molar-refractivity contribution >= 4 is 22.3 Å². The highest BCUT2D eigenvalue weighted by Gasteiger charge is 2.31. The Morgan fingerprint density at radius 1 is 1.00 bits per heavy atom. The van der Waals surface area contributed by atoms with Crippen LogP contribution in [0.4, 0.5) is 24.5 Å². The predicted molar refractivity (Wildman–Crippen MR) is 126 cm³/mol. The number of likely N-dealkylation sites (tertiary alicyclic amines) is 1. The first-order valence-electron chi connectivity index (χ1n) is 11.6. The maximum atomic E-state index is 13.6. The number of halogens is 3. The van der Waals surface area contributed by atoms with E-state index in [0.29, 0.717) is 18.0 Å². The first-order chi connectivity index (χ1) is 15.9. The smallest absolute Gasteiger partial charge is 0.416 e. The number of fused-ring (bicyclic) bond motifs is 1. The third-order valence-electron chi connectivity index (χ3n) is 5.94. The van der Waals surface area contributed by atoms with Gasteiger partial charge in [-0.15, -0.1) is 0 Å². The lowest BCUT2D eigenvalue weighted by Gasteiger charge is -2.20. The second-order valence-electron chi connectivity index (χ2n) is 8.66. The lowest BCUT2D eigenvalue weighted by molar-refractivity contribution is -0.137. The van der Waals surface area contributed by atoms with E-state index in [2.05, 4.69) is 15.2 Å². The van der Waals surface area contributed by atoms with Crippen molar-refractivity contribution in [3.63, 3.8) is 0 Å². The number of benzene rings is 2. The summed E-state index contributed by atoms with van der Waals surface area (Å²) >= 11 is 0. The zero-order valence-electron chi connectivity index (χ0n) is 18.9. The predicted octanol–water partition coefficient (Wildman–Crippen LogP) is 6.95. The summed E-state index contributed by atoms with van der Waals surface area (Å²) in [6, 6.07) is 13.2. The van der Waals surface area contributed by atoms with Crippen molar-refractivity contribution in [3.8, 4) is 5.75 Å². The highest BCUT2D eigenvalue weighted by Crippen LogP contribution is 2.36. The van der Waals surface area contributed by atoms with Crippen molar-refractivity contribution in [3.05, 3.63) is 59.8 Å². The average molecular weight is 458 g/mol. The molecule has 1 aliphatic rings. The number of anilines is 2. The van der Waals surface area contributed by atoms with Crippen molar-refractivity contribution in [2.45, 2.75) is 45.2 Å². The Morgan fingerprint density at radius 2 is 1.76 bits per heavy atom. The summed E-state index contributed by atoms with van der Waals surface area (Å²) in [5.74, 6) is 0.221. The van der Waals surface area contributed by atoms with Gasteiger partial charge in [-0.1, -0.05) is 31.0 Å². The van der Waals surface area contributed by atoms with Crippen LogP contribution in [0.15, 0.2) is 48.5 Å². The highest BCUT2D eigenvalue weighted by molar-refractivity contribution is 5.93. The molecule has 2 heterocycles. The number of pyridine rings is 1. The summed E-state index contributed by atoms with van der Waals surface area (Å²) in [5, 5.41) is 4.01. The minimum atomic E-state index is -4.46. The van der Waals surface area contributed by atoms with Gasteiger partial charge in [0.25, 0.3) is 0 Å². The molecule has 0 saturated carbocycles. The molecule has 0 atom stereocenters. The summed E-state index contributed by atoms with van der Waals surface area (Å²) in [4.78, 5) is 6.92. The van der Waals surface area contributed by atoms with E-state index in [9.17, 15) is 13.2 Å². The Kier molecular flexibility index (Phi) is 7.38. The van der Waals surface area contributed by atoms with Crippen LogP contribution in [0.1, 0.15) is 43.4 Å². The molecule has 0 aliphatic carbocycles. The number of aryl methyl sites for hydroxylation is 1. The Labute approximate surface area is 192 Å². The molecule has 0 bridgehead atoms. The Balaban J connectivity index is 1.50. The Hall–Kier alpha value is -2.80. The van der Waals surface area contributed by atoms with Gasteiger partial charge in [-0.25, -0.2) is 0 Å². The molecule has 2 aromatic carbocycles. The summed E-state index contributed by atoms with van der Waals surface area (Å²) < 4.78 is 46.5. The molecular formula is C26H30F3N3O. The Morgan fingerprint density at radius 3 is 2.52 bits per heavy atom. The maximum absolute atomic E-state index is 13.6. The van der Waals surface area contributed by atoms with E-state index in [4.69, 9.17) is 4.74 Å². The van der Waals surface area contributed by atoms with Crippen LogP contribution in [0.25, 0.3) is 10.9 Å². The minimum Gasteiger partial charge on any atom is -0.493 e. The number of ether oxygens (including phenoxy) is 1. The van der Waals surface area contributed by atoms with Crippen molar-refractivity contribution < 1.29 is 17.9 Å². The van der Waals surface area contributed by atoms with E-state index in [1.54, 1.807) is 6.07 Å². The standard InChI is InChI=1S/C26H30F3N3O/c1-19-15-25(23-9-4-5-10-24(23)30-19)31-21-16-20(26(27,28)29)17-22(18-21)33-14-8-13-32-11-6-2-3-7-12-32/h4-5,9-10,15-18H,2-3,6-8,11-14H2,1H3,(H,30,31). The van der Waals surface area contributed by atoms with E-state index in [1.807, 2.05) is 37.3 Å². The van der Waals surface area contributed by atoms with Gasteiger partial charge in [0.05, 0.1) is 17.7 Å². The topological polar surface area (TPSA) is 37.4 Å². The number of rotatable bonds is 7. The molecule has 7 heteroatoms. The van der Waals surface area contributed by atoms with Crippen molar-refractivity contribution in [2.24, 2.45) is 0 Å². The minimum absolute atomic E-state index is 0.221. The van der Waals surface area contributed by atoms with Gasteiger partial charge in [-0.05, 0) is 63.5 Å². The molecule has 4 nitrogen and oxygen atoms in total. The third-order valence-corrected chi connectivity index (χ3v) is 5.94. The zero-order chi connectivity index (χ0) is 23.3. The van der Waals surface area contributed by atoms with Gasteiger partial charge in [0.2, 0.25) is 0 Å². The average Bonchev–Trinajstić information content (AvgIpc) is 3.05. The molecule has 1 saturated heterocycles. The van der Waals surface area contributed by atoms with E-state index in [0.717, 1.165) is 54.8 Å². The van der Waals surface area contributed by atoms with Crippen LogP contribution >= 0.6 is 0 Å². The van der Waals surface area contributed by atoms with E-state index < -0.39 is 11.7 Å². The fourth-order valence-corrected chi connectivity index (χ4v) is 4.32. The van der Waals surface area contributed by atoms with E-state index >= 15 is 0 Å². The number of nitrogens with zero attached hydrogens (tertiary/aromatic N) is 2. The van der Waals surface area contributed by atoms with Crippen molar-refractivity contribution in [1.82, 2.24) is 9.88 Å². The lowest BCUT2D eigenvalue weighted by Crippen LogP contribution is -2.26.